The lowest BCUT2D eigenvalue weighted by atomic mass is 10.00. The minimum absolute atomic E-state index is 0.00290. The van der Waals surface area contributed by atoms with Gasteiger partial charge in [0.15, 0.2) is 0 Å². The number of anilines is 1. The van der Waals surface area contributed by atoms with Crippen molar-refractivity contribution in [3.63, 3.8) is 0 Å². The molecule has 0 bridgehead atoms. The summed E-state index contributed by atoms with van der Waals surface area (Å²) in [4.78, 5) is 66.7. The summed E-state index contributed by atoms with van der Waals surface area (Å²) < 4.78 is 16.4. The van der Waals surface area contributed by atoms with Crippen LogP contribution < -0.4 is 26.0 Å². The van der Waals surface area contributed by atoms with Crippen LogP contribution in [0.2, 0.25) is 0 Å². The standard InChI is InChI=1S/C27H33N5O8/c1-14(28-29-24(36)39-26(3,4)5)18-20-19(15(2)32(23(18)35)30-25(37)40-27(6,7)8)21(33)31(22(20)34)16-10-12-17(38-9)13-11-16/h10-13H,1-9H3,(H,29,36)(H,30,37)/b28-14+. The molecule has 0 aliphatic carbocycles. The third kappa shape index (κ3) is 6.30. The molecule has 40 heavy (non-hydrogen) atoms. The molecular formula is C27H33N5O8. The van der Waals surface area contributed by atoms with E-state index in [1.54, 1.807) is 53.7 Å². The smallest absolute Gasteiger partial charge is 0.428 e. The summed E-state index contributed by atoms with van der Waals surface area (Å²) in [5.41, 5.74) is 1.43. The number of fused-ring (bicyclic) bond motifs is 1. The van der Waals surface area contributed by atoms with E-state index < -0.39 is 40.8 Å². The van der Waals surface area contributed by atoms with Crippen LogP contribution in [0.1, 0.15) is 80.4 Å². The van der Waals surface area contributed by atoms with Crippen LogP contribution in [0.4, 0.5) is 15.3 Å². The van der Waals surface area contributed by atoms with Crippen molar-refractivity contribution in [1.82, 2.24) is 10.1 Å². The number of rotatable bonds is 5. The normalized spacial score (nSPS) is 13.6. The Morgan fingerprint density at radius 1 is 0.850 bits per heavy atom. The molecule has 0 atom stereocenters. The summed E-state index contributed by atoms with van der Waals surface area (Å²) in [6.45, 7) is 12.7. The molecule has 3 rings (SSSR count). The molecule has 0 saturated heterocycles. The van der Waals surface area contributed by atoms with Crippen molar-refractivity contribution in [1.29, 1.82) is 0 Å². The molecule has 0 fully saturated rings. The number of methoxy groups -OCH3 is 1. The van der Waals surface area contributed by atoms with Crippen LogP contribution in [-0.4, -0.2) is 52.7 Å². The van der Waals surface area contributed by atoms with E-state index in [4.69, 9.17) is 14.2 Å². The lowest BCUT2D eigenvalue weighted by Crippen LogP contribution is -2.41. The fourth-order valence-corrected chi connectivity index (χ4v) is 3.89. The van der Waals surface area contributed by atoms with E-state index in [1.807, 2.05) is 0 Å². The molecule has 2 heterocycles. The van der Waals surface area contributed by atoms with Crippen LogP contribution in [0.25, 0.3) is 0 Å². The number of aromatic nitrogens is 1. The Labute approximate surface area is 231 Å². The first-order valence-electron chi connectivity index (χ1n) is 12.3. The van der Waals surface area contributed by atoms with Crippen molar-refractivity contribution in [3.8, 4) is 5.75 Å². The molecule has 2 aromatic rings. The van der Waals surface area contributed by atoms with Crippen molar-refractivity contribution >= 4 is 35.4 Å². The van der Waals surface area contributed by atoms with Gasteiger partial charge in [-0.05, 0) is 79.7 Å². The topological polar surface area (TPSA) is 158 Å². The van der Waals surface area contributed by atoms with Crippen molar-refractivity contribution in [2.24, 2.45) is 5.10 Å². The highest BCUT2D eigenvalue weighted by molar-refractivity contribution is 6.37. The number of imide groups is 1. The maximum atomic E-state index is 13.7. The average molecular weight is 556 g/mol. The lowest BCUT2D eigenvalue weighted by molar-refractivity contribution is 0.0527. The van der Waals surface area contributed by atoms with E-state index in [9.17, 15) is 24.0 Å². The first-order valence-corrected chi connectivity index (χ1v) is 12.3. The van der Waals surface area contributed by atoms with Gasteiger partial charge in [-0.3, -0.25) is 14.4 Å². The van der Waals surface area contributed by atoms with Gasteiger partial charge in [0.2, 0.25) is 0 Å². The first-order chi connectivity index (χ1) is 18.4. The summed E-state index contributed by atoms with van der Waals surface area (Å²) in [5, 5.41) is 3.94. The van der Waals surface area contributed by atoms with E-state index in [0.29, 0.717) is 5.75 Å². The molecule has 1 aromatic heterocycles. The summed E-state index contributed by atoms with van der Waals surface area (Å²) in [7, 11) is 1.48. The quantitative estimate of drug-likeness (QED) is 0.321. The average Bonchev–Trinajstić information content (AvgIpc) is 3.08. The Morgan fingerprint density at radius 2 is 1.38 bits per heavy atom. The number of amides is 4. The predicted octanol–water partition coefficient (Wildman–Crippen LogP) is 3.69. The number of hydrogen-bond donors (Lipinski definition) is 2. The molecule has 1 aromatic carbocycles. The van der Waals surface area contributed by atoms with Gasteiger partial charge in [0.1, 0.15) is 17.0 Å². The summed E-state index contributed by atoms with van der Waals surface area (Å²) in [6.07, 6.45) is -1.86. The van der Waals surface area contributed by atoms with Gasteiger partial charge in [0.05, 0.1) is 40.9 Å². The van der Waals surface area contributed by atoms with E-state index in [1.165, 1.54) is 33.1 Å². The first kappa shape index (κ1) is 29.9. The van der Waals surface area contributed by atoms with E-state index in [2.05, 4.69) is 16.0 Å². The van der Waals surface area contributed by atoms with Crippen LogP contribution in [-0.2, 0) is 9.47 Å². The molecule has 0 saturated carbocycles. The van der Waals surface area contributed by atoms with Crippen molar-refractivity contribution in [2.45, 2.75) is 66.6 Å². The number of benzene rings is 1. The Kier molecular flexibility index (Phi) is 8.09. The molecule has 1 aliphatic rings. The number of carbonyl (C=O) groups is 4. The summed E-state index contributed by atoms with van der Waals surface area (Å²) >= 11 is 0. The fraction of sp³-hybridized carbons (Fsp3) is 0.407. The molecule has 1 aliphatic heterocycles. The second-order valence-corrected chi connectivity index (χ2v) is 10.9. The maximum Gasteiger partial charge on any atom is 0.428 e. The third-order valence-corrected chi connectivity index (χ3v) is 5.46. The Hall–Kier alpha value is -4.68. The molecule has 13 heteroatoms. The van der Waals surface area contributed by atoms with Gasteiger partial charge in [0, 0.05) is 0 Å². The number of hydrogen-bond acceptors (Lipinski definition) is 9. The van der Waals surface area contributed by atoms with Crippen molar-refractivity contribution < 1.29 is 33.4 Å². The van der Waals surface area contributed by atoms with Gasteiger partial charge in [-0.2, -0.15) is 5.10 Å². The fourth-order valence-electron chi connectivity index (χ4n) is 3.89. The summed E-state index contributed by atoms with van der Waals surface area (Å²) in [6, 6.07) is 6.19. The Balaban J connectivity index is 2.19. The highest BCUT2D eigenvalue weighted by atomic mass is 16.6. The molecule has 0 radical (unpaired) electrons. The van der Waals surface area contributed by atoms with Gasteiger partial charge >= 0.3 is 12.2 Å². The Bertz CT molecular complexity index is 1460. The van der Waals surface area contributed by atoms with Crippen LogP contribution >= 0.6 is 0 Å². The van der Waals surface area contributed by atoms with Gasteiger partial charge in [-0.15, -0.1) is 0 Å². The second-order valence-electron chi connectivity index (χ2n) is 10.9. The summed E-state index contributed by atoms with van der Waals surface area (Å²) in [5.74, 6) is -0.997. The van der Waals surface area contributed by atoms with E-state index in [0.717, 1.165) is 9.58 Å². The van der Waals surface area contributed by atoms with Gasteiger partial charge in [0.25, 0.3) is 17.4 Å². The zero-order valence-electron chi connectivity index (χ0n) is 23.9. The number of nitrogens with one attached hydrogen (secondary N) is 2. The molecule has 13 nitrogen and oxygen atoms in total. The molecule has 0 unspecified atom stereocenters. The lowest BCUT2D eigenvalue weighted by Gasteiger charge is -2.22. The van der Waals surface area contributed by atoms with Crippen LogP contribution in [0.3, 0.4) is 0 Å². The third-order valence-electron chi connectivity index (χ3n) is 5.46. The van der Waals surface area contributed by atoms with E-state index in [-0.39, 0.29) is 33.8 Å². The van der Waals surface area contributed by atoms with E-state index >= 15 is 0 Å². The van der Waals surface area contributed by atoms with Gasteiger partial charge in [-0.1, -0.05) is 0 Å². The number of hydrazone groups is 1. The maximum absolute atomic E-state index is 13.7. The minimum atomic E-state index is -0.964. The largest absolute Gasteiger partial charge is 0.497 e. The molecule has 2 N–H and O–H groups in total. The highest BCUT2D eigenvalue weighted by Crippen LogP contribution is 2.32. The molecule has 0 spiro atoms. The second kappa shape index (κ2) is 10.8. The van der Waals surface area contributed by atoms with Crippen LogP contribution in [0.15, 0.2) is 34.2 Å². The predicted molar refractivity (Wildman–Crippen MR) is 147 cm³/mol. The minimum Gasteiger partial charge on any atom is -0.497 e. The SMILES string of the molecule is COc1ccc(N2C(=O)c3c(c(C)n(NC(=O)OC(C)(C)C)c(=O)c3/C(C)=N/NC(=O)OC(C)(C)C)C2=O)cc1. The number of nitrogens with zero attached hydrogens (tertiary/aromatic N) is 3. The van der Waals surface area contributed by atoms with Crippen molar-refractivity contribution in [3.05, 3.63) is 57.0 Å². The van der Waals surface area contributed by atoms with Gasteiger partial charge < -0.3 is 14.2 Å². The van der Waals surface area contributed by atoms with Gasteiger partial charge in [-0.25, -0.2) is 30.0 Å². The molecule has 4 amide bonds. The monoisotopic (exact) mass is 555 g/mol. The molecular weight excluding hydrogens is 522 g/mol. The zero-order valence-corrected chi connectivity index (χ0v) is 23.9. The highest BCUT2D eigenvalue weighted by Gasteiger charge is 2.43. The van der Waals surface area contributed by atoms with Crippen molar-refractivity contribution in [2.75, 3.05) is 17.4 Å². The number of pyridine rings is 1. The number of carbonyl (C=O) groups excluding carboxylic acids is 4. The van der Waals surface area contributed by atoms with Crippen LogP contribution in [0.5, 0.6) is 5.75 Å². The van der Waals surface area contributed by atoms with Crippen LogP contribution in [0, 0.1) is 6.92 Å². The Morgan fingerprint density at radius 3 is 1.90 bits per heavy atom. The number of ether oxygens (including phenoxy) is 3. The zero-order chi connectivity index (χ0) is 30.2. The molecule has 214 valence electrons.